The highest BCUT2D eigenvalue weighted by atomic mass is 16.5. The third-order valence-electron chi connectivity index (χ3n) is 2.78. The van der Waals surface area contributed by atoms with E-state index in [1.54, 1.807) is 0 Å². The molecule has 0 spiro atoms. The summed E-state index contributed by atoms with van der Waals surface area (Å²) in [5, 5.41) is 3.53. The average molecular weight is 235 g/mol. The number of hydrogen-bond acceptors (Lipinski definition) is 2. The molecule has 0 bridgehead atoms. The second kappa shape index (κ2) is 9.20. The Morgan fingerprint density at radius 3 is 2.53 bits per heavy atom. The molecule has 0 aliphatic rings. The lowest BCUT2D eigenvalue weighted by molar-refractivity contribution is 0.128. The molecule has 1 N–H and O–H groups in total. The van der Waals surface area contributed by atoms with Crippen LogP contribution in [0.4, 0.5) is 0 Å². The molecule has 1 unspecified atom stereocenters. The number of hydrogen-bond donors (Lipinski definition) is 1. The highest BCUT2D eigenvalue weighted by molar-refractivity contribution is 5.18. The van der Waals surface area contributed by atoms with Gasteiger partial charge in [-0.25, -0.2) is 0 Å². The van der Waals surface area contributed by atoms with Gasteiger partial charge in [0.15, 0.2) is 0 Å². The predicted molar refractivity (Wildman–Crippen MR) is 73.2 cm³/mol. The summed E-state index contributed by atoms with van der Waals surface area (Å²) in [5.41, 5.74) is 1.38. The summed E-state index contributed by atoms with van der Waals surface area (Å²) in [6.07, 6.45) is 3.36. The average Bonchev–Trinajstić information content (AvgIpc) is 2.38. The van der Waals surface area contributed by atoms with Crippen molar-refractivity contribution in [3.8, 4) is 0 Å². The molecule has 0 radical (unpaired) electrons. The first kappa shape index (κ1) is 14.2. The number of ether oxygens (including phenoxy) is 1. The molecule has 17 heavy (non-hydrogen) atoms. The second-order valence-corrected chi connectivity index (χ2v) is 4.28. The normalized spacial score (nSPS) is 12.6. The molecule has 0 saturated carbocycles. The number of nitrogens with one attached hydrogen (secondary N) is 1. The van der Waals surface area contributed by atoms with Crippen molar-refractivity contribution in [1.82, 2.24) is 5.32 Å². The van der Waals surface area contributed by atoms with E-state index >= 15 is 0 Å². The molecule has 0 aliphatic carbocycles. The van der Waals surface area contributed by atoms with Crippen molar-refractivity contribution in [2.75, 3.05) is 19.8 Å². The van der Waals surface area contributed by atoms with E-state index < -0.39 is 0 Å². The lowest BCUT2D eigenvalue weighted by atomic mass is 10.0. The first-order valence-corrected chi connectivity index (χ1v) is 6.74. The van der Waals surface area contributed by atoms with Crippen LogP contribution in [0.15, 0.2) is 30.3 Å². The van der Waals surface area contributed by atoms with Crippen molar-refractivity contribution in [1.29, 1.82) is 0 Å². The molecule has 1 aromatic carbocycles. The van der Waals surface area contributed by atoms with E-state index in [0.29, 0.717) is 6.04 Å². The Morgan fingerprint density at radius 1 is 1.12 bits per heavy atom. The Labute approximate surface area is 105 Å². The van der Waals surface area contributed by atoms with E-state index in [4.69, 9.17) is 4.74 Å². The number of rotatable bonds is 9. The highest BCUT2D eigenvalue weighted by Crippen LogP contribution is 2.17. The van der Waals surface area contributed by atoms with Crippen LogP contribution in [0.5, 0.6) is 0 Å². The van der Waals surface area contributed by atoms with E-state index in [0.717, 1.165) is 39.0 Å². The molecule has 96 valence electrons. The van der Waals surface area contributed by atoms with Gasteiger partial charge in [-0.15, -0.1) is 0 Å². The summed E-state index contributed by atoms with van der Waals surface area (Å²) in [4.78, 5) is 0. The highest BCUT2D eigenvalue weighted by Gasteiger charge is 2.08. The van der Waals surface area contributed by atoms with Crippen molar-refractivity contribution in [3.05, 3.63) is 35.9 Å². The fraction of sp³-hybridized carbons (Fsp3) is 0.600. The Balaban J connectivity index is 2.33. The standard InChI is InChI=1S/C15H25NO/c1-3-12-17-13-8-11-15(16-4-2)14-9-6-5-7-10-14/h5-7,9-10,15-16H,3-4,8,11-13H2,1-2H3. The summed E-state index contributed by atoms with van der Waals surface area (Å²) in [5.74, 6) is 0. The quantitative estimate of drug-likeness (QED) is 0.661. The summed E-state index contributed by atoms with van der Waals surface area (Å²) >= 11 is 0. The van der Waals surface area contributed by atoms with Crippen LogP contribution < -0.4 is 5.32 Å². The van der Waals surface area contributed by atoms with Gasteiger partial charge in [0, 0.05) is 19.3 Å². The van der Waals surface area contributed by atoms with Crippen LogP contribution >= 0.6 is 0 Å². The van der Waals surface area contributed by atoms with Crippen LogP contribution in [0.2, 0.25) is 0 Å². The minimum Gasteiger partial charge on any atom is -0.381 e. The zero-order chi connectivity index (χ0) is 12.3. The van der Waals surface area contributed by atoms with Crippen LogP contribution in [-0.4, -0.2) is 19.8 Å². The molecule has 0 heterocycles. The van der Waals surface area contributed by atoms with Gasteiger partial charge in [-0.2, -0.15) is 0 Å². The van der Waals surface area contributed by atoms with Gasteiger partial charge < -0.3 is 10.1 Å². The van der Waals surface area contributed by atoms with Gasteiger partial charge in [-0.05, 0) is 31.4 Å². The van der Waals surface area contributed by atoms with E-state index in [2.05, 4.69) is 49.5 Å². The van der Waals surface area contributed by atoms with Gasteiger partial charge in [-0.1, -0.05) is 44.2 Å². The van der Waals surface area contributed by atoms with Crippen LogP contribution in [0.1, 0.15) is 44.7 Å². The third kappa shape index (κ3) is 5.85. The Kier molecular flexibility index (Phi) is 7.69. The summed E-state index contributed by atoms with van der Waals surface area (Å²) in [6.45, 7) is 7.07. The molecule has 1 atom stereocenters. The summed E-state index contributed by atoms with van der Waals surface area (Å²) in [6, 6.07) is 11.1. The number of benzene rings is 1. The fourth-order valence-corrected chi connectivity index (χ4v) is 1.95. The lowest BCUT2D eigenvalue weighted by Gasteiger charge is -2.18. The molecular weight excluding hydrogens is 210 g/mol. The van der Waals surface area contributed by atoms with Gasteiger partial charge in [0.1, 0.15) is 0 Å². The first-order chi connectivity index (χ1) is 8.38. The molecule has 1 aromatic rings. The molecular formula is C15H25NO. The Morgan fingerprint density at radius 2 is 1.88 bits per heavy atom. The second-order valence-electron chi connectivity index (χ2n) is 4.28. The maximum Gasteiger partial charge on any atom is 0.0466 e. The molecule has 2 heteroatoms. The molecule has 0 saturated heterocycles. The summed E-state index contributed by atoms with van der Waals surface area (Å²) in [7, 11) is 0. The Bertz CT molecular complexity index is 274. The SMILES string of the molecule is CCCOCCCC(NCC)c1ccccc1. The molecule has 0 aliphatic heterocycles. The maximum atomic E-state index is 5.52. The van der Waals surface area contributed by atoms with Crippen LogP contribution in [0.25, 0.3) is 0 Å². The van der Waals surface area contributed by atoms with Crippen molar-refractivity contribution < 1.29 is 4.74 Å². The zero-order valence-corrected chi connectivity index (χ0v) is 11.1. The fourth-order valence-electron chi connectivity index (χ4n) is 1.95. The van der Waals surface area contributed by atoms with Gasteiger partial charge in [0.25, 0.3) is 0 Å². The van der Waals surface area contributed by atoms with Crippen molar-refractivity contribution in [2.45, 2.75) is 39.2 Å². The Hall–Kier alpha value is -0.860. The van der Waals surface area contributed by atoms with E-state index in [-0.39, 0.29) is 0 Å². The smallest absolute Gasteiger partial charge is 0.0466 e. The van der Waals surface area contributed by atoms with Crippen LogP contribution in [0.3, 0.4) is 0 Å². The van der Waals surface area contributed by atoms with Gasteiger partial charge in [0.05, 0.1) is 0 Å². The molecule has 0 fully saturated rings. The van der Waals surface area contributed by atoms with E-state index in [9.17, 15) is 0 Å². The van der Waals surface area contributed by atoms with Gasteiger partial charge in [0.2, 0.25) is 0 Å². The van der Waals surface area contributed by atoms with Crippen LogP contribution in [-0.2, 0) is 4.74 Å². The largest absolute Gasteiger partial charge is 0.381 e. The monoisotopic (exact) mass is 235 g/mol. The minimum absolute atomic E-state index is 0.464. The first-order valence-electron chi connectivity index (χ1n) is 6.74. The molecule has 1 rings (SSSR count). The zero-order valence-electron chi connectivity index (χ0n) is 11.1. The predicted octanol–water partition coefficient (Wildman–Crippen LogP) is 3.54. The molecule has 2 nitrogen and oxygen atoms in total. The van der Waals surface area contributed by atoms with Crippen LogP contribution in [0, 0.1) is 0 Å². The topological polar surface area (TPSA) is 21.3 Å². The van der Waals surface area contributed by atoms with Crippen molar-refractivity contribution in [3.63, 3.8) is 0 Å². The van der Waals surface area contributed by atoms with E-state index in [1.165, 1.54) is 5.56 Å². The van der Waals surface area contributed by atoms with E-state index in [1.807, 2.05) is 0 Å². The van der Waals surface area contributed by atoms with Crippen molar-refractivity contribution in [2.24, 2.45) is 0 Å². The minimum atomic E-state index is 0.464. The molecule has 0 amide bonds. The summed E-state index contributed by atoms with van der Waals surface area (Å²) < 4.78 is 5.52. The lowest BCUT2D eigenvalue weighted by Crippen LogP contribution is -2.21. The van der Waals surface area contributed by atoms with Gasteiger partial charge >= 0.3 is 0 Å². The third-order valence-corrected chi connectivity index (χ3v) is 2.78. The van der Waals surface area contributed by atoms with Crippen molar-refractivity contribution >= 4 is 0 Å². The van der Waals surface area contributed by atoms with Gasteiger partial charge in [-0.3, -0.25) is 0 Å². The molecule has 0 aromatic heterocycles. The maximum absolute atomic E-state index is 5.52.